The second-order valence-corrected chi connectivity index (χ2v) is 4.82. The summed E-state index contributed by atoms with van der Waals surface area (Å²) in [4.78, 5) is 10.2. The lowest BCUT2D eigenvalue weighted by Gasteiger charge is -2.08. The minimum atomic E-state index is -0.383. The van der Waals surface area contributed by atoms with Crippen molar-refractivity contribution in [1.29, 1.82) is 0 Å². The fourth-order valence-corrected chi connectivity index (χ4v) is 2.03. The van der Waals surface area contributed by atoms with Gasteiger partial charge >= 0.3 is 0 Å². The van der Waals surface area contributed by atoms with Gasteiger partial charge < -0.3 is 5.32 Å². The summed E-state index contributed by atoms with van der Waals surface area (Å²) in [6, 6.07) is 16.7. The van der Waals surface area contributed by atoms with Gasteiger partial charge in [0.05, 0.1) is 4.92 Å². The minimum absolute atomic E-state index is 0.129. The second-order valence-electron chi connectivity index (χ2n) is 4.82. The highest BCUT2D eigenvalue weighted by Crippen LogP contribution is 2.12. The van der Waals surface area contributed by atoms with Crippen molar-refractivity contribution in [3.8, 4) is 0 Å². The molecule has 108 valence electrons. The Hall–Kier alpha value is -2.46. The first-order valence-electron chi connectivity index (χ1n) is 6.84. The third-order valence-corrected chi connectivity index (χ3v) is 3.26. The van der Waals surface area contributed by atoms with Crippen LogP contribution in [0.5, 0.6) is 0 Å². The Bertz CT molecular complexity index is 606. The molecule has 0 bridgehead atoms. The van der Waals surface area contributed by atoms with Gasteiger partial charge in [-0.15, -0.1) is 0 Å². The predicted molar refractivity (Wildman–Crippen MR) is 85.1 cm³/mol. The molecule has 0 aliphatic rings. The molecule has 0 unspecified atom stereocenters. The molecular weight excluding hydrogens is 264 g/mol. The van der Waals surface area contributed by atoms with Crippen LogP contribution < -0.4 is 5.32 Å². The van der Waals surface area contributed by atoms with Crippen molar-refractivity contribution in [2.45, 2.75) is 6.42 Å². The van der Waals surface area contributed by atoms with E-state index in [1.54, 1.807) is 12.1 Å². The molecule has 4 nitrogen and oxygen atoms in total. The lowest BCUT2D eigenvalue weighted by molar-refractivity contribution is -0.384. The number of non-ortho nitro benzene ring substituents is 1. The van der Waals surface area contributed by atoms with Crippen LogP contribution in [0.4, 0.5) is 5.69 Å². The molecule has 0 spiro atoms. The first-order valence-corrected chi connectivity index (χ1v) is 6.84. The molecule has 0 fully saturated rings. The van der Waals surface area contributed by atoms with Crippen LogP contribution in [0.2, 0.25) is 0 Å². The monoisotopic (exact) mass is 282 g/mol. The zero-order valence-electron chi connectivity index (χ0n) is 11.8. The molecule has 4 heteroatoms. The summed E-state index contributed by atoms with van der Waals surface area (Å²) in [5, 5.41) is 13.9. The average Bonchev–Trinajstić information content (AvgIpc) is 2.52. The number of nitrogens with zero attached hydrogens (tertiary/aromatic N) is 1. The van der Waals surface area contributed by atoms with E-state index in [9.17, 15) is 10.1 Å². The molecule has 0 heterocycles. The van der Waals surface area contributed by atoms with E-state index in [0.717, 1.165) is 36.2 Å². The minimum Gasteiger partial charge on any atom is -0.312 e. The van der Waals surface area contributed by atoms with Gasteiger partial charge in [-0.2, -0.15) is 0 Å². The summed E-state index contributed by atoms with van der Waals surface area (Å²) >= 11 is 0. The highest BCUT2D eigenvalue weighted by atomic mass is 16.6. The third kappa shape index (κ3) is 4.54. The van der Waals surface area contributed by atoms with Gasteiger partial charge in [-0.1, -0.05) is 49.0 Å². The van der Waals surface area contributed by atoms with E-state index in [1.807, 2.05) is 30.3 Å². The fraction of sp³-hybridized carbons (Fsp3) is 0.176. The van der Waals surface area contributed by atoms with Gasteiger partial charge in [0, 0.05) is 18.7 Å². The van der Waals surface area contributed by atoms with Crippen molar-refractivity contribution < 1.29 is 4.92 Å². The first-order chi connectivity index (χ1) is 10.2. The SMILES string of the molecule is C=C(CNCCc1ccc([N+](=O)[O-])cc1)c1ccccc1. The zero-order valence-corrected chi connectivity index (χ0v) is 11.8. The van der Waals surface area contributed by atoms with Crippen LogP contribution in [0.1, 0.15) is 11.1 Å². The smallest absolute Gasteiger partial charge is 0.269 e. The molecule has 0 radical (unpaired) electrons. The third-order valence-electron chi connectivity index (χ3n) is 3.26. The number of nitro groups is 1. The molecule has 1 N–H and O–H groups in total. The summed E-state index contributed by atoms with van der Waals surface area (Å²) in [6.45, 7) is 5.61. The van der Waals surface area contributed by atoms with E-state index in [2.05, 4.69) is 11.9 Å². The highest BCUT2D eigenvalue weighted by molar-refractivity contribution is 5.64. The Balaban J connectivity index is 1.75. The molecule has 0 aliphatic carbocycles. The molecule has 0 aliphatic heterocycles. The topological polar surface area (TPSA) is 55.2 Å². The van der Waals surface area contributed by atoms with E-state index < -0.39 is 0 Å². The van der Waals surface area contributed by atoms with Gasteiger partial charge in [0.1, 0.15) is 0 Å². The van der Waals surface area contributed by atoms with Crippen molar-refractivity contribution in [3.05, 3.63) is 82.4 Å². The van der Waals surface area contributed by atoms with E-state index >= 15 is 0 Å². The van der Waals surface area contributed by atoms with Gasteiger partial charge in [0.15, 0.2) is 0 Å². The maximum Gasteiger partial charge on any atom is 0.269 e. The summed E-state index contributed by atoms with van der Waals surface area (Å²) in [5.74, 6) is 0. The van der Waals surface area contributed by atoms with Crippen molar-refractivity contribution >= 4 is 11.3 Å². The molecule has 2 rings (SSSR count). The zero-order chi connectivity index (χ0) is 15.1. The molecule has 2 aromatic carbocycles. The largest absolute Gasteiger partial charge is 0.312 e. The Morgan fingerprint density at radius 1 is 1.10 bits per heavy atom. The molecule has 21 heavy (non-hydrogen) atoms. The van der Waals surface area contributed by atoms with Gasteiger partial charge in [-0.05, 0) is 29.7 Å². The molecular formula is C17H18N2O2. The highest BCUT2D eigenvalue weighted by Gasteiger charge is 2.03. The average molecular weight is 282 g/mol. The Morgan fingerprint density at radius 2 is 1.76 bits per heavy atom. The standard InChI is InChI=1S/C17H18N2O2/c1-14(16-5-3-2-4-6-16)13-18-12-11-15-7-9-17(10-8-15)19(20)21/h2-10,18H,1,11-13H2. The second kappa shape index (κ2) is 7.36. The summed E-state index contributed by atoms with van der Waals surface area (Å²) in [7, 11) is 0. The van der Waals surface area contributed by atoms with Gasteiger partial charge in [0.2, 0.25) is 0 Å². The Labute approximate surface area is 124 Å². The van der Waals surface area contributed by atoms with E-state index in [-0.39, 0.29) is 10.6 Å². The van der Waals surface area contributed by atoms with E-state index in [1.165, 1.54) is 12.1 Å². The van der Waals surface area contributed by atoms with Crippen LogP contribution in [0.3, 0.4) is 0 Å². The van der Waals surface area contributed by atoms with E-state index in [0.29, 0.717) is 0 Å². The van der Waals surface area contributed by atoms with Crippen LogP contribution in [-0.2, 0) is 6.42 Å². The summed E-state index contributed by atoms with van der Waals surface area (Å²) in [5.41, 5.74) is 3.40. The maximum atomic E-state index is 10.6. The van der Waals surface area contributed by atoms with Gasteiger partial charge in [-0.25, -0.2) is 0 Å². The van der Waals surface area contributed by atoms with Crippen molar-refractivity contribution in [1.82, 2.24) is 5.32 Å². The number of nitrogens with one attached hydrogen (secondary N) is 1. The Morgan fingerprint density at radius 3 is 2.38 bits per heavy atom. The quantitative estimate of drug-likeness (QED) is 0.481. The van der Waals surface area contributed by atoms with Crippen LogP contribution in [0, 0.1) is 10.1 Å². The molecule has 2 aromatic rings. The molecule has 0 amide bonds. The van der Waals surface area contributed by atoms with Crippen LogP contribution in [0.25, 0.3) is 5.57 Å². The lowest BCUT2D eigenvalue weighted by Crippen LogP contribution is -2.19. The van der Waals surface area contributed by atoms with Crippen LogP contribution in [0.15, 0.2) is 61.2 Å². The number of hydrogen-bond donors (Lipinski definition) is 1. The lowest BCUT2D eigenvalue weighted by atomic mass is 10.1. The number of hydrogen-bond acceptors (Lipinski definition) is 3. The molecule has 0 atom stereocenters. The summed E-state index contributed by atoms with van der Waals surface area (Å²) < 4.78 is 0. The fourth-order valence-electron chi connectivity index (χ4n) is 2.03. The van der Waals surface area contributed by atoms with Crippen LogP contribution >= 0.6 is 0 Å². The number of nitro benzene ring substituents is 1. The normalized spacial score (nSPS) is 10.3. The summed E-state index contributed by atoms with van der Waals surface area (Å²) in [6.07, 6.45) is 0.833. The molecule has 0 aromatic heterocycles. The predicted octanol–water partition coefficient (Wildman–Crippen LogP) is 3.44. The van der Waals surface area contributed by atoms with Crippen molar-refractivity contribution in [2.24, 2.45) is 0 Å². The maximum absolute atomic E-state index is 10.6. The van der Waals surface area contributed by atoms with Crippen LogP contribution in [-0.4, -0.2) is 18.0 Å². The molecule has 0 saturated heterocycles. The van der Waals surface area contributed by atoms with Gasteiger partial charge in [0.25, 0.3) is 5.69 Å². The first kappa shape index (κ1) is 14.9. The Kier molecular flexibility index (Phi) is 5.23. The number of rotatable bonds is 7. The van der Waals surface area contributed by atoms with Crippen molar-refractivity contribution in [2.75, 3.05) is 13.1 Å². The number of benzene rings is 2. The van der Waals surface area contributed by atoms with Crippen molar-refractivity contribution in [3.63, 3.8) is 0 Å². The van der Waals surface area contributed by atoms with Gasteiger partial charge in [-0.3, -0.25) is 10.1 Å². The van der Waals surface area contributed by atoms with E-state index in [4.69, 9.17) is 0 Å². The molecule has 0 saturated carbocycles.